The minimum absolute atomic E-state index is 0.300. The second-order valence-electron chi connectivity index (χ2n) is 3.21. The van der Waals surface area contributed by atoms with Gasteiger partial charge in [0, 0.05) is 5.56 Å². The number of hydrogen-bond acceptors (Lipinski definition) is 3. The molecular weight excluding hydrogens is 210 g/mol. The molecule has 0 radical (unpaired) electrons. The van der Waals surface area contributed by atoms with Gasteiger partial charge in [0.15, 0.2) is 6.17 Å². The van der Waals surface area contributed by atoms with E-state index in [9.17, 15) is 4.79 Å². The van der Waals surface area contributed by atoms with Gasteiger partial charge in [0.25, 0.3) is 5.91 Å². The van der Waals surface area contributed by atoms with E-state index in [-0.39, 0.29) is 12.1 Å². The monoisotopic (exact) mass is 219 g/mol. The standard InChI is InChI=1S/C10H9N3OS/c1-6(15)11-9-7-4-2-3-5-8(7)10(14)13-12-9/h2-5,9H,1H3,(H,11,15). The fraction of sp³-hybridized carbons (Fsp3) is 0.200. The predicted molar refractivity (Wildman–Crippen MR) is 59.8 cm³/mol. The summed E-state index contributed by atoms with van der Waals surface area (Å²) in [6, 6.07) is 7.25. The minimum atomic E-state index is -0.337. The number of nitrogens with zero attached hydrogens (tertiary/aromatic N) is 2. The first-order chi connectivity index (χ1) is 7.18. The maximum absolute atomic E-state index is 11.4. The number of carbonyl (C=O) groups excluding carboxylic acids is 1. The van der Waals surface area contributed by atoms with Crippen molar-refractivity contribution < 1.29 is 4.79 Å². The number of hydrogen-bond donors (Lipinski definition) is 1. The number of nitrogens with one attached hydrogen (secondary N) is 1. The lowest BCUT2D eigenvalue weighted by atomic mass is 10.0. The third-order valence-corrected chi connectivity index (χ3v) is 2.21. The number of carbonyl (C=O) groups is 1. The van der Waals surface area contributed by atoms with E-state index < -0.39 is 0 Å². The summed E-state index contributed by atoms with van der Waals surface area (Å²) in [5.41, 5.74) is 1.41. The number of benzene rings is 1. The van der Waals surface area contributed by atoms with Crippen molar-refractivity contribution in [2.24, 2.45) is 10.2 Å². The Bertz CT molecular complexity index is 456. The van der Waals surface area contributed by atoms with E-state index in [4.69, 9.17) is 12.2 Å². The van der Waals surface area contributed by atoms with Crippen molar-refractivity contribution in [1.82, 2.24) is 5.32 Å². The van der Waals surface area contributed by atoms with Gasteiger partial charge in [-0.05, 0) is 13.0 Å². The van der Waals surface area contributed by atoms with Gasteiger partial charge in [-0.15, -0.1) is 5.11 Å². The lowest BCUT2D eigenvalue weighted by molar-refractivity contribution is 0.0984. The molecule has 2 rings (SSSR count). The van der Waals surface area contributed by atoms with Gasteiger partial charge in [0.2, 0.25) is 0 Å². The Morgan fingerprint density at radius 2 is 2.20 bits per heavy atom. The second kappa shape index (κ2) is 3.86. The van der Waals surface area contributed by atoms with E-state index in [2.05, 4.69) is 15.5 Å². The summed E-state index contributed by atoms with van der Waals surface area (Å²) in [4.78, 5) is 12.0. The summed E-state index contributed by atoms with van der Waals surface area (Å²) >= 11 is 4.94. The SMILES string of the molecule is CC(=S)NC1N=NC(=O)c2ccccc21. The molecule has 1 amide bonds. The molecule has 0 bridgehead atoms. The lowest BCUT2D eigenvalue weighted by Crippen LogP contribution is -2.26. The van der Waals surface area contributed by atoms with E-state index in [1.807, 2.05) is 12.1 Å². The summed E-state index contributed by atoms with van der Waals surface area (Å²) in [5, 5.41) is 10.4. The molecule has 1 aliphatic heterocycles. The van der Waals surface area contributed by atoms with Gasteiger partial charge >= 0.3 is 0 Å². The van der Waals surface area contributed by atoms with E-state index in [1.165, 1.54) is 0 Å². The average Bonchev–Trinajstić information content (AvgIpc) is 2.22. The number of amides is 1. The molecule has 1 N–H and O–H groups in total. The molecule has 15 heavy (non-hydrogen) atoms. The van der Waals surface area contributed by atoms with Crippen LogP contribution in [-0.4, -0.2) is 10.9 Å². The summed E-state index contributed by atoms with van der Waals surface area (Å²) in [5.74, 6) is -0.300. The van der Waals surface area contributed by atoms with Crippen LogP contribution in [0.2, 0.25) is 0 Å². The highest BCUT2D eigenvalue weighted by molar-refractivity contribution is 7.80. The highest BCUT2D eigenvalue weighted by Gasteiger charge is 2.22. The Morgan fingerprint density at radius 3 is 2.93 bits per heavy atom. The maximum Gasteiger partial charge on any atom is 0.295 e. The number of azo groups is 1. The van der Waals surface area contributed by atoms with Crippen LogP contribution in [0.4, 0.5) is 0 Å². The number of thiocarbonyl (C=S) groups is 1. The third-order valence-electron chi connectivity index (χ3n) is 2.09. The normalized spacial score (nSPS) is 18.5. The van der Waals surface area contributed by atoms with Gasteiger partial charge in [-0.25, -0.2) is 0 Å². The second-order valence-corrected chi connectivity index (χ2v) is 3.82. The van der Waals surface area contributed by atoms with Gasteiger partial charge in [-0.3, -0.25) is 4.79 Å². The van der Waals surface area contributed by atoms with Crippen molar-refractivity contribution in [2.45, 2.75) is 13.1 Å². The van der Waals surface area contributed by atoms with E-state index >= 15 is 0 Å². The maximum atomic E-state index is 11.4. The van der Waals surface area contributed by atoms with Crippen molar-refractivity contribution in [3.05, 3.63) is 35.4 Å². The fourth-order valence-electron chi connectivity index (χ4n) is 1.46. The third kappa shape index (κ3) is 1.92. The van der Waals surface area contributed by atoms with Crippen LogP contribution in [0.25, 0.3) is 0 Å². The minimum Gasteiger partial charge on any atom is -0.353 e. The number of fused-ring (bicyclic) bond motifs is 1. The smallest absolute Gasteiger partial charge is 0.295 e. The summed E-state index contributed by atoms with van der Waals surface area (Å²) in [6.07, 6.45) is -0.337. The Kier molecular flexibility index (Phi) is 2.55. The molecule has 0 saturated heterocycles. The Morgan fingerprint density at radius 1 is 1.47 bits per heavy atom. The number of rotatable bonds is 1. The van der Waals surface area contributed by atoms with Crippen LogP contribution in [0.3, 0.4) is 0 Å². The molecule has 0 aliphatic carbocycles. The molecule has 0 fully saturated rings. The molecule has 1 unspecified atom stereocenters. The lowest BCUT2D eigenvalue weighted by Gasteiger charge is -2.19. The molecule has 1 aliphatic rings. The van der Waals surface area contributed by atoms with Crippen LogP contribution < -0.4 is 5.32 Å². The van der Waals surface area contributed by atoms with Gasteiger partial charge in [0.05, 0.1) is 10.6 Å². The Balaban J connectivity index is 2.41. The predicted octanol–water partition coefficient (Wildman–Crippen LogP) is 2.23. The molecule has 4 nitrogen and oxygen atoms in total. The Labute approximate surface area is 92.4 Å². The summed E-state index contributed by atoms with van der Waals surface area (Å²) in [6.45, 7) is 1.77. The van der Waals surface area contributed by atoms with Gasteiger partial charge in [0.1, 0.15) is 0 Å². The molecule has 0 aromatic heterocycles. The quantitative estimate of drug-likeness (QED) is 0.737. The largest absolute Gasteiger partial charge is 0.353 e. The molecular formula is C10H9N3OS. The van der Waals surface area contributed by atoms with Gasteiger partial charge in [-0.1, -0.05) is 30.4 Å². The van der Waals surface area contributed by atoms with Crippen molar-refractivity contribution in [3.63, 3.8) is 0 Å². The van der Waals surface area contributed by atoms with Crippen LogP contribution in [0.5, 0.6) is 0 Å². The molecule has 0 saturated carbocycles. The Hall–Kier alpha value is -1.62. The zero-order valence-corrected chi connectivity index (χ0v) is 8.91. The van der Waals surface area contributed by atoms with Crippen LogP contribution in [-0.2, 0) is 0 Å². The van der Waals surface area contributed by atoms with Crippen molar-refractivity contribution in [3.8, 4) is 0 Å². The van der Waals surface area contributed by atoms with Crippen LogP contribution >= 0.6 is 12.2 Å². The molecule has 76 valence electrons. The van der Waals surface area contributed by atoms with Gasteiger partial charge < -0.3 is 5.32 Å². The molecule has 0 spiro atoms. The zero-order valence-electron chi connectivity index (χ0n) is 8.10. The first-order valence-corrected chi connectivity index (χ1v) is 4.90. The highest BCUT2D eigenvalue weighted by atomic mass is 32.1. The van der Waals surface area contributed by atoms with Crippen molar-refractivity contribution >= 4 is 23.1 Å². The van der Waals surface area contributed by atoms with Crippen LogP contribution in [0.15, 0.2) is 34.5 Å². The van der Waals surface area contributed by atoms with E-state index in [0.717, 1.165) is 5.56 Å². The summed E-state index contributed by atoms with van der Waals surface area (Å²) in [7, 11) is 0. The van der Waals surface area contributed by atoms with E-state index in [1.54, 1.807) is 19.1 Å². The summed E-state index contributed by atoms with van der Waals surface area (Å²) < 4.78 is 0. The van der Waals surface area contributed by atoms with Crippen molar-refractivity contribution in [2.75, 3.05) is 0 Å². The molecule has 1 aromatic carbocycles. The highest BCUT2D eigenvalue weighted by Crippen LogP contribution is 2.24. The molecule has 1 heterocycles. The van der Waals surface area contributed by atoms with Gasteiger partial charge in [-0.2, -0.15) is 5.11 Å². The molecule has 5 heteroatoms. The van der Waals surface area contributed by atoms with Crippen LogP contribution in [0.1, 0.15) is 29.0 Å². The fourth-order valence-corrected chi connectivity index (χ4v) is 1.57. The topological polar surface area (TPSA) is 53.8 Å². The zero-order chi connectivity index (χ0) is 10.8. The average molecular weight is 219 g/mol. The molecule has 1 atom stereocenters. The van der Waals surface area contributed by atoms with Crippen molar-refractivity contribution in [1.29, 1.82) is 0 Å². The first-order valence-electron chi connectivity index (χ1n) is 4.49. The molecule has 1 aromatic rings. The van der Waals surface area contributed by atoms with E-state index in [0.29, 0.717) is 10.6 Å². The first kappa shape index (κ1) is 9.92. The van der Waals surface area contributed by atoms with Crippen LogP contribution in [0, 0.1) is 0 Å².